The molecule has 5 nitrogen and oxygen atoms in total. The van der Waals surface area contributed by atoms with E-state index in [1.165, 1.54) is 18.2 Å². The summed E-state index contributed by atoms with van der Waals surface area (Å²) in [6.45, 7) is 1.65. The highest BCUT2D eigenvalue weighted by Gasteiger charge is 2.35. The van der Waals surface area contributed by atoms with Crippen LogP contribution < -0.4 is 10.6 Å². The fourth-order valence-electron chi connectivity index (χ4n) is 2.46. The maximum absolute atomic E-state index is 12.3. The van der Waals surface area contributed by atoms with Crippen molar-refractivity contribution in [3.8, 4) is 0 Å². The molecule has 2 amide bonds. The molecule has 2 aliphatic heterocycles. The summed E-state index contributed by atoms with van der Waals surface area (Å²) in [6, 6.07) is -0.0336. The highest BCUT2D eigenvalue weighted by Crippen LogP contribution is 2.21. The van der Waals surface area contributed by atoms with Gasteiger partial charge in [-0.1, -0.05) is 11.8 Å². The molecule has 0 bridgehead atoms. The smallest absolute Gasteiger partial charge is 0.279 e. The third-order valence-corrected chi connectivity index (χ3v) is 4.20. The molecule has 2 saturated heterocycles. The number of nitrogens with zero attached hydrogens (tertiary/aromatic N) is 1. The predicted octanol–water partition coefficient (Wildman–Crippen LogP) is 0.412. The van der Waals surface area contributed by atoms with Crippen LogP contribution >= 0.6 is 11.8 Å². The van der Waals surface area contributed by atoms with Gasteiger partial charge < -0.3 is 15.5 Å². The summed E-state index contributed by atoms with van der Waals surface area (Å²) in [5.41, 5.74) is 0. The summed E-state index contributed by atoms with van der Waals surface area (Å²) < 4.78 is 0. The highest BCUT2D eigenvalue weighted by atomic mass is 32.2. The van der Waals surface area contributed by atoms with Crippen molar-refractivity contribution >= 4 is 22.9 Å². The molecule has 2 fully saturated rings. The topological polar surface area (TPSA) is 61.4 Å². The largest absolute Gasteiger partial charge is 0.337 e. The van der Waals surface area contributed by atoms with Crippen LogP contribution in [-0.4, -0.2) is 54.0 Å². The van der Waals surface area contributed by atoms with Gasteiger partial charge in [-0.2, -0.15) is 0 Å². The van der Waals surface area contributed by atoms with E-state index in [4.69, 9.17) is 0 Å². The number of piperidine rings is 1. The van der Waals surface area contributed by atoms with Crippen LogP contribution in [0.15, 0.2) is 0 Å². The monoisotopic (exact) mass is 257 g/mol. The maximum atomic E-state index is 12.3. The zero-order valence-electron chi connectivity index (χ0n) is 10.1. The molecule has 2 rings (SSSR count). The van der Waals surface area contributed by atoms with Crippen molar-refractivity contribution in [3.63, 3.8) is 0 Å². The number of hydrogen-bond donors (Lipinski definition) is 2. The Kier molecular flexibility index (Phi) is 4.28. The maximum Gasteiger partial charge on any atom is 0.279 e. The number of nitrogens with one attached hydrogen (secondary N) is 2. The van der Waals surface area contributed by atoms with Gasteiger partial charge in [0.05, 0.1) is 0 Å². The van der Waals surface area contributed by atoms with Crippen LogP contribution in [0.3, 0.4) is 0 Å². The van der Waals surface area contributed by atoms with Gasteiger partial charge in [-0.3, -0.25) is 9.59 Å². The lowest BCUT2D eigenvalue weighted by Crippen LogP contribution is -2.54. The van der Waals surface area contributed by atoms with Crippen molar-refractivity contribution in [3.05, 3.63) is 0 Å². The zero-order chi connectivity index (χ0) is 12.3. The van der Waals surface area contributed by atoms with E-state index in [0.717, 1.165) is 25.9 Å². The third kappa shape index (κ3) is 2.93. The van der Waals surface area contributed by atoms with Crippen LogP contribution in [0, 0.1) is 0 Å². The van der Waals surface area contributed by atoms with Crippen LogP contribution in [0.2, 0.25) is 0 Å². The predicted molar refractivity (Wildman–Crippen MR) is 68.1 cm³/mol. The fourth-order valence-corrected chi connectivity index (χ4v) is 3.23. The Labute approximate surface area is 106 Å². The molecule has 2 N–H and O–H groups in total. The summed E-state index contributed by atoms with van der Waals surface area (Å²) in [4.78, 5) is 25.4. The zero-order valence-corrected chi connectivity index (χ0v) is 10.9. The van der Waals surface area contributed by atoms with Crippen LogP contribution in [-0.2, 0) is 4.79 Å². The van der Waals surface area contributed by atoms with Crippen LogP contribution in [0.1, 0.15) is 19.3 Å². The number of thioether (sulfide) groups is 1. The fraction of sp³-hybridized carbons (Fsp3) is 0.818. The van der Waals surface area contributed by atoms with Crippen LogP contribution in [0.4, 0.5) is 4.79 Å². The number of likely N-dealkylation sites (N-methyl/N-ethyl adjacent to an activating group) is 1. The average Bonchev–Trinajstić information content (AvgIpc) is 2.76. The highest BCUT2D eigenvalue weighted by molar-refractivity contribution is 8.14. The van der Waals surface area contributed by atoms with Gasteiger partial charge in [0.25, 0.3) is 5.24 Å². The van der Waals surface area contributed by atoms with E-state index in [1.807, 2.05) is 11.9 Å². The van der Waals surface area contributed by atoms with Crippen LogP contribution in [0.5, 0.6) is 0 Å². The van der Waals surface area contributed by atoms with Crippen molar-refractivity contribution in [2.75, 3.05) is 25.9 Å². The lowest BCUT2D eigenvalue weighted by atomic mass is 10.0. The average molecular weight is 257 g/mol. The first kappa shape index (κ1) is 12.7. The van der Waals surface area contributed by atoms with E-state index >= 15 is 0 Å². The van der Waals surface area contributed by atoms with Crippen molar-refractivity contribution < 1.29 is 9.59 Å². The first-order valence-electron chi connectivity index (χ1n) is 6.10. The standard InChI is InChI=1S/C11H19N3O2S/c1-12-6-8-4-2-3-5-14(8)10(15)9-7-17-11(16)13-9/h8-9,12H,2-7H2,1H3,(H,13,16). The minimum absolute atomic E-state index is 0.0782. The molecule has 0 spiro atoms. The Morgan fingerprint density at radius 3 is 3.06 bits per heavy atom. The molecule has 2 aliphatic rings. The van der Waals surface area contributed by atoms with Gasteiger partial charge >= 0.3 is 0 Å². The van der Waals surface area contributed by atoms with E-state index in [2.05, 4.69) is 10.6 Å². The molecule has 6 heteroatoms. The van der Waals surface area contributed by atoms with Gasteiger partial charge in [0.2, 0.25) is 5.91 Å². The first-order valence-corrected chi connectivity index (χ1v) is 7.09. The van der Waals surface area contributed by atoms with E-state index in [-0.39, 0.29) is 23.2 Å². The Hall–Kier alpha value is -0.750. The van der Waals surface area contributed by atoms with Crippen LogP contribution in [0.25, 0.3) is 0 Å². The summed E-state index contributed by atoms with van der Waals surface area (Å²) in [5.74, 6) is 0.656. The number of amides is 2. The molecule has 0 aromatic heterocycles. The van der Waals surface area contributed by atoms with Crippen molar-refractivity contribution in [2.45, 2.75) is 31.3 Å². The third-order valence-electron chi connectivity index (χ3n) is 3.32. The summed E-state index contributed by atoms with van der Waals surface area (Å²) in [5, 5.41) is 5.78. The molecule has 2 atom stereocenters. The molecule has 0 saturated carbocycles. The molecule has 0 aromatic carbocycles. The molecule has 2 unspecified atom stereocenters. The first-order chi connectivity index (χ1) is 8.22. The SMILES string of the molecule is CNCC1CCCCN1C(=O)C1CSC(=O)N1. The number of carbonyl (C=O) groups excluding carboxylic acids is 2. The molecule has 2 heterocycles. The Morgan fingerprint density at radius 2 is 2.41 bits per heavy atom. The van der Waals surface area contributed by atoms with Gasteiger partial charge in [0, 0.05) is 24.9 Å². The Bertz CT molecular complexity index is 309. The molecule has 0 aromatic rings. The molecular formula is C11H19N3O2S. The van der Waals surface area contributed by atoms with Gasteiger partial charge in [-0.15, -0.1) is 0 Å². The second-order valence-electron chi connectivity index (χ2n) is 4.53. The molecular weight excluding hydrogens is 238 g/mol. The van der Waals surface area contributed by atoms with E-state index in [0.29, 0.717) is 5.75 Å². The molecule has 96 valence electrons. The van der Waals surface area contributed by atoms with E-state index < -0.39 is 0 Å². The Balaban J connectivity index is 1.98. The molecule has 0 radical (unpaired) electrons. The number of likely N-dealkylation sites (tertiary alicyclic amines) is 1. The van der Waals surface area contributed by atoms with Gasteiger partial charge in [-0.25, -0.2) is 0 Å². The van der Waals surface area contributed by atoms with Gasteiger partial charge in [-0.05, 0) is 26.3 Å². The van der Waals surface area contributed by atoms with Crippen molar-refractivity contribution in [2.24, 2.45) is 0 Å². The summed E-state index contributed by atoms with van der Waals surface area (Å²) in [7, 11) is 1.91. The minimum atomic E-state index is -0.315. The van der Waals surface area contributed by atoms with Crippen molar-refractivity contribution in [1.82, 2.24) is 15.5 Å². The van der Waals surface area contributed by atoms with E-state index in [1.54, 1.807) is 0 Å². The number of carbonyl (C=O) groups is 2. The lowest BCUT2D eigenvalue weighted by molar-refractivity contribution is -0.136. The summed E-state index contributed by atoms with van der Waals surface area (Å²) in [6.07, 6.45) is 3.31. The summed E-state index contributed by atoms with van der Waals surface area (Å²) >= 11 is 1.20. The lowest BCUT2D eigenvalue weighted by Gasteiger charge is -2.37. The van der Waals surface area contributed by atoms with E-state index in [9.17, 15) is 9.59 Å². The number of hydrogen-bond acceptors (Lipinski definition) is 4. The van der Waals surface area contributed by atoms with Gasteiger partial charge in [0.1, 0.15) is 6.04 Å². The molecule has 0 aliphatic carbocycles. The molecule has 17 heavy (non-hydrogen) atoms. The van der Waals surface area contributed by atoms with Gasteiger partial charge in [0.15, 0.2) is 0 Å². The second kappa shape index (κ2) is 5.73. The Morgan fingerprint density at radius 1 is 1.59 bits per heavy atom. The quantitative estimate of drug-likeness (QED) is 0.769. The minimum Gasteiger partial charge on any atom is -0.337 e. The normalized spacial score (nSPS) is 29.2. The van der Waals surface area contributed by atoms with Crippen molar-refractivity contribution in [1.29, 1.82) is 0 Å². The second-order valence-corrected chi connectivity index (χ2v) is 5.53. The number of rotatable bonds is 3.